The van der Waals surface area contributed by atoms with Gasteiger partial charge in [-0.05, 0) is 6.42 Å². The van der Waals surface area contributed by atoms with Gasteiger partial charge in [-0.15, -0.1) is 11.6 Å². The van der Waals surface area contributed by atoms with Gasteiger partial charge in [0.1, 0.15) is 5.38 Å². The van der Waals surface area contributed by atoms with Crippen molar-refractivity contribution in [3.63, 3.8) is 0 Å². The normalized spacial score (nSPS) is 15.4. The van der Waals surface area contributed by atoms with Crippen LogP contribution in [0.5, 0.6) is 0 Å². The standard InChI is InChI=1S/C8H12Cl3F3O/c1-2-3-4-15-7(10,11)5-6(9)8(12,13)14/h6H,2-5H2,1H3. The second kappa shape index (κ2) is 6.38. The topological polar surface area (TPSA) is 9.23 Å². The summed E-state index contributed by atoms with van der Waals surface area (Å²) in [6, 6.07) is 0. The summed E-state index contributed by atoms with van der Waals surface area (Å²) < 4.78 is 39.2. The van der Waals surface area contributed by atoms with E-state index in [0.29, 0.717) is 6.42 Å². The molecule has 0 bridgehead atoms. The average molecular weight is 288 g/mol. The van der Waals surface area contributed by atoms with Crippen molar-refractivity contribution in [1.82, 2.24) is 0 Å². The first kappa shape index (κ1) is 15.6. The van der Waals surface area contributed by atoms with Crippen LogP contribution < -0.4 is 0 Å². The third kappa shape index (κ3) is 7.50. The molecule has 0 heterocycles. The van der Waals surface area contributed by atoms with Crippen LogP contribution in [-0.4, -0.2) is 22.7 Å². The molecule has 0 spiro atoms. The predicted molar refractivity (Wildman–Crippen MR) is 55.6 cm³/mol. The predicted octanol–water partition coefficient (Wildman–Crippen LogP) is 4.49. The van der Waals surface area contributed by atoms with Crippen molar-refractivity contribution in [3.8, 4) is 0 Å². The monoisotopic (exact) mass is 286 g/mol. The van der Waals surface area contributed by atoms with Gasteiger partial charge in [-0.1, -0.05) is 36.5 Å². The first-order valence-corrected chi connectivity index (χ1v) is 5.61. The van der Waals surface area contributed by atoms with Gasteiger partial charge in [0.05, 0.1) is 6.61 Å². The molecule has 0 aliphatic rings. The maximum atomic E-state index is 12.1. The number of hydrogen-bond donors (Lipinski definition) is 0. The van der Waals surface area contributed by atoms with Gasteiger partial charge < -0.3 is 4.74 Å². The smallest absolute Gasteiger partial charge is 0.347 e. The maximum Gasteiger partial charge on any atom is 0.405 e. The zero-order chi connectivity index (χ0) is 12.1. The summed E-state index contributed by atoms with van der Waals surface area (Å²) in [6.07, 6.45) is -3.69. The van der Waals surface area contributed by atoms with Crippen molar-refractivity contribution >= 4 is 34.8 Å². The molecule has 15 heavy (non-hydrogen) atoms. The van der Waals surface area contributed by atoms with Gasteiger partial charge in [0.25, 0.3) is 0 Å². The van der Waals surface area contributed by atoms with E-state index in [1.165, 1.54) is 0 Å². The van der Waals surface area contributed by atoms with Gasteiger partial charge in [0, 0.05) is 6.42 Å². The molecule has 0 saturated heterocycles. The van der Waals surface area contributed by atoms with Crippen LogP contribution in [0.4, 0.5) is 13.2 Å². The lowest BCUT2D eigenvalue weighted by Crippen LogP contribution is -2.32. The molecule has 0 fully saturated rings. The average Bonchev–Trinajstić information content (AvgIpc) is 2.01. The molecule has 0 aromatic rings. The molecule has 0 aromatic carbocycles. The number of hydrogen-bond acceptors (Lipinski definition) is 1. The molecule has 92 valence electrons. The first-order valence-electron chi connectivity index (χ1n) is 4.41. The van der Waals surface area contributed by atoms with Crippen molar-refractivity contribution in [2.45, 2.75) is 42.3 Å². The van der Waals surface area contributed by atoms with E-state index in [4.69, 9.17) is 39.5 Å². The first-order chi connectivity index (χ1) is 6.69. The van der Waals surface area contributed by atoms with Crippen molar-refractivity contribution in [3.05, 3.63) is 0 Å². The highest BCUT2D eigenvalue weighted by Crippen LogP contribution is 2.37. The second-order valence-electron chi connectivity index (χ2n) is 3.05. The van der Waals surface area contributed by atoms with E-state index in [9.17, 15) is 13.2 Å². The number of ether oxygens (including phenoxy) is 1. The van der Waals surface area contributed by atoms with Crippen molar-refractivity contribution < 1.29 is 17.9 Å². The number of alkyl halides is 6. The van der Waals surface area contributed by atoms with Crippen LogP contribution in [0.1, 0.15) is 26.2 Å². The molecule has 0 amide bonds. The van der Waals surface area contributed by atoms with Crippen molar-refractivity contribution in [2.75, 3.05) is 6.61 Å². The molecule has 0 aliphatic heterocycles. The Balaban J connectivity index is 4.02. The number of halogens is 6. The quantitative estimate of drug-likeness (QED) is 0.516. The van der Waals surface area contributed by atoms with E-state index in [-0.39, 0.29) is 6.61 Å². The Morgan fingerprint density at radius 2 is 1.80 bits per heavy atom. The third-order valence-electron chi connectivity index (χ3n) is 1.58. The highest BCUT2D eigenvalue weighted by molar-refractivity contribution is 6.47. The Bertz CT molecular complexity index is 184. The van der Waals surface area contributed by atoms with Crippen LogP contribution in [0.15, 0.2) is 0 Å². The van der Waals surface area contributed by atoms with Crippen LogP contribution in [0, 0.1) is 0 Å². The lowest BCUT2D eigenvalue weighted by atomic mass is 10.3. The summed E-state index contributed by atoms with van der Waals surface area (Å²) in [4.78, 5) is 0. The lowest BCUT2D eigenvalue weighted by molar-refractivity contribution is -0.136. The fourth-order valence-corrected chi connectivity index (χ4v) is 1.59. The van der Waals surface area contributed by atoms with Crippen LogP contribution in [-0.2, 0) is 4.74 Å². The SMILES string of the molecule is CCCCOC(Cl)(Cl)CC(Cl)C(F)(F)F. The molecule has 1 nitrogen and oxygen atoms in total. The highest BCUT2D eigenvalue weighted by atomic mass is 35.5. The van der Waals surface area contributed by atoms with Crippen molar-refractivity contribution in [1.29, 1.82) is 0 Å². The second-order valence-corrected chi connectivity index (χ2v) is 4.99. The largest absolute Gasteiger partial charge is 0.405 e. The van der Waals surface area contributed by atoms with Gasteiger partial charge in [-0.25, -0.2) is 0 Å². The fraction of sp³-hybridized carbons (Fsp3) is 1.00. The van der Waals surface area contributed by atoms with Crippen molar-refractivity contribution in [2.24, 2.45) is 0 Å². The molecule has 0 aromatic heterocycles. The van der Waals surface area contributed by atoms with Crippen LogP contribution in [0.25, 0.3) is 0 Å². The van der Waals surface area contributed by atoms with Crippen LogP contribution >= 0.6 is 34.8 Å². The summed E-state index contributed by atoms with van der Waals surface area (Å²) in [7, 11) is 0. The Labute approximate surface area is 102 Å². The minimum absolute atomic E-state index is 0.213. The number of unbranched alkanes of at least 4 members (excludes halogenated alkanes) is 1. The summed E-state index contributed by atoms with van der Waals surface area (Å²) in [5.74, 6) is 0. The van der Waals surface area contributed by atoms with Gasteiger partial charge in [-0.2, -0.15) is 13.2 Å². The molecule has 1 atom stereocenters. The van der Waals surface area contributed by atoms with E-state index in [2.05, 4.69) is 0 Å². The fourth-order valence-electron chi connectivity index (χ4n) is 0.749. The highest BCUT2D eigenvalue weighted by Gasteiger charge is 2.43. The number of rotatable bonds is 6. The van der Waals surface area contributed by atoms with E-state index in [1.807, 2.05) is 6.92 Å². The Morgan fingerprint density at radius 3 is 2.20 bits per heavy atom. The molecular formula is C8H12Cl3F3O. The third-order valence-corrected chi connectivity index (χ3v) is 2.51. The Morgan fingerprint density at radius 1 is 1.27 bits per heavy atom. The van der Waals surface area contributed by atoms with E-state index in [1.54, 1.807) is 0 Å². The lowest BCUT2D eigenvalue weighted by Gasteiger charge is -2.23. The molecule has 7 heteroatoms. The minimum atomic E-state index is -4.52. The van der Waals surface area contributed by atoms with Gasteiger partial charge in [0.15, 0.2) is 0 Å². The van der Waals surface area contributed by atoms with E-state index < -0.39 is 22.5 Å². The zero-order valence-electron chi connectivity index (χ0n) is 8.08. The molecule has 0 N–H and O–H groups in total. The van der Waals surface area contributed by atoms with Crippen LogP contribution in [0.3, 0.4) is 0 Å². The van der Waals surface area contributed by atoms with E-state index >= 15 is 0 Å². The molecule has 0 aliphatic carbocycles. The Kier molecular flexibility index (Phi) is 6.64. The van der Waals surface area contributed by atoms with Gasteiger partial charge in [0.2, 0.25) is 4.52 Å². The van der Waals surface area contributed by atoms with Gasteiger partial charge >= 0.3 is 6.18 Å². The minimum Gasteiger partial charge on any atom is -0.347 e. The summed E-state index contributed by atoms with van der Waals surface area (Å²) >= 11 is 16.1. The molecule has 1 unspecified atom stereocenters. The molecule has 0 rings (SSSR count). The van der Waals surface area contributed by atoms with Crippen LogP contribution in [0.2, 0.25) is 0 Å². The Hall–Kier alpha value is 0.620. The molecule has 0 saturated carbocycles. The maximum absolute atomic E-state index is 12.1. The molecular weight excluding hydrogens is 275 g/mol. The van der Waals surface area contributed by atoms with E-state index in [0.717, 1.165) is 6.42 Å². The zero-order valence-corrected chi connectivity index (χ0v) is 10.3. The molecule has 0 radical (unpaired) electrons. The summed E-state index contributed by atoms with van der Waals surface area (Å²) in [6.45, 7) is 2.12. The summed E-state index contributed by atoms with van der Waals surface area (Å²) in [5, 5.41) is -2.10. The summed E-state index contributed by atoms with van der Waals surface area (Å²) in [5.41, 5.74) is 0. The van der Waals surface area contributed by atoms with Gasteiger partial charge in [-0.3, -0.25) is 0 Å².